The van der Waals surface area contributed by atoms with Gasteiger partial charge >= 0.3 is 0 Å². The van der Waals surface area contributed by atoms with E-state index in [1.807, 2.05) is 18.5 Å². The fourth-order valence-corrected chi connectivity index (χ4v) is 2.31. The second kappa shape index (κ2) is 7.37. The maximum Gasteiger partial charge on any atom is 0.0346 e. The molecule has 0 fully saturated rings. The number of hydrogen-bond donors (Lipinski definition) is 1. The van der Waals surface area contributed by atoms with Crippen molar-refractivity contribution < 1.29 is 0 Å². The molecule has 0 unspecified atom stereocenters. The van der Waals surface area contributed by atoms with Gasteiger partial charge in [-0.3, -0.25) is 4.98 Å². The summed E-state index contributed by atoms with van der Waals surface area (Å²) < 4.78 is 0. The molecule has 0 aliphatic heterocycles. The Bertz CT molecular complexity index is 524. The Morgan fingerprint density at radius 2 is 1.71 bits per heavy atom. The zero-order valence-corrected chi connectivity index (χ0v) is 13.4. The standard InChI is InChI=1S/C19H26N2/c1-19(2,3)21-14-5-4-7-16-9-11-17(12-10-16)18-8-6-13-20-15-18/h6,8-13,15,21H,4-5,7,14H2,1-3H3. The molecule has 1 aromatic carbocycles. The molecule has 1 N–H and O–H groups in total. The molecule has 0 spiro atoms. The first-order valence-corrected chi connectivity index (χ1v) is 7.79. The average molecular weight is 282 g/mol. The Labute approximate surface area is 128 Å². The summed E-state index contributed by atoms with van der Waals surface area (Å²) in [4.78, 5) is 4.17. The lowest BCUT2D eigenvalue weighted by Crippen LogP contribution is -2.36. The van der Waals surface area contributed by atoms with Gasteiger partial charge in [-0.2, -0.15) is 0 Å². The van der Waals surface area contributed by atoms with E-state index in [2.05, 4.69) is 61.4 Å². The maximum atomic E-state index is 4.17. The van der Waals surface area contributed by atoms with Gasteiger partial charge in [-0.05, 0) is 69.3 Å². The fraction of sp³-hybridized carbons (Fsp3) is 0.421. The molecule has 0 radical (unpaired) electrons. The van der Waals surface area contributed by atoms with Gasteiger partial charge in [0.25, 0.3) is 0 Å². The molecule has 1 aromatic heterocycles. The predicted octanol–water partition coefficient (Wildman–Crippen LogP) is 4.46. The first kappa shape index (κ1) is 15.7. The fourth-order valence-electron chi connectivity index (χ4n) is 2.31. The SMILES string of the molecule is CC(C)(C)NCCCCc1ccc(-c2cccnc2)cc1. The number of nitrogens with one attached hydrogen (secondary N) is 1. The van der Waals surface area contributed by atoms with E-state index in [0.717, 1.165) is 13.0 Å². The Hall–Kier alpha value is -1.67. The quantitative estimate of drug-likeness (QED) is 0.791. The molecule has 0 bridgehead atoms. The largest absolute Gasteiger partial charge is 0.312 e. The summed E-state index contributed by atoms with van der Waals surface area (Å²) in [6.07, 6.45) is 7.33. The summed E-state index contributed by atoms with van der Waals surface area (Å²) in [6.45, 7) is 7.73. The highest BCUT2D eigenvalue weighted by atomic mass is 14.9. The summed E-state index contributed by atoms with van der Waals surface area (Å²) in [5.74, 6) is 0. The van der Waals surface area contributed by atoms with Crippen LogP contribution in [0.25, 0.3) is 11.1 Å². The van der Waals surface area contributed by atoms with Gasteiger partial charge < -0.3 is 5.32 Å². The Morgan fingerprint density at radius 1 is 0.952 bits per heavy atom. The molecule has 0 amide bonds. The third kappa shape index (κ3) is 5.68. The van der Waals surface area contributed by atoms with E-state index in [0.29, 0.717) is 0 Å². The zero-order valence-electron chi connectivity index (χ0n) is 13.4. The molecule has 2 rings (SSSR count). The number of pyridine rings is 1. The second-order valence-corrected chi connectivity index (χ2v) is 6.57. The van der Waals surface area contributed by atoms with Crippen molar-refractivity contribution in [1.29, 1.82) is 0 Å². The van der Waals surface area contributed by atoms with Gasteiger partial charge in [0.2, 0.25) is 0 Å². The first-order valence-electron chi connectivity index (χ1n) is 7.79. The lowest BCUT2D eigenvalue weighted by molar-refractivity contribution is 0.419. The highest BCUT2D eigenvalue weighted by Gasteiger charge is 2.07. The maximum absolute atomic E-state index is 4.17. The van der Waals surface area contributed by atoms with Crippen LogP contribution in [0.2, 0.25) is 0 Å². The van der Waals surface area contributed by atoms with Gasteiger partial charge in [0.1, 0.15) is 0 Å². The van der Waals surface area contributed by atoms with Crippen LogP contribution >= 0.6 is 0 Å². The molecule has 0 aliphatic rings. The van der Waals surface area contributed by atoms with Gasteiger partial charge in [-0.15, -0.1) is 0 Å². The van der Waals surface area contributed by atoms with E-state index in [-0.39, 0.29) is 5.54 Å². The van der Waals surface area contributed by atoms with Crippen molar-refractivity contribution in [3.63, 3.8) is 0 Å². The van der Waals surface area contributed by atoms with E-state index < -0.39 is 0 Å². The number of nitrogens with zero attached hydrogens (tertiary/aromatic N) is 1. The van der Waals surface area contributed by atoms with E-state index in [9.17, 15) is 0 Å². The number of hydrogen-bond acceptors (Lipinski definition) is 2. The minimum atomic E-state index is 0.228. The number of benzene rings is 1. The molecule has 112 valence electrons. The number of aromatic nitrogens is 1. The van der Waals surface area contributed by atoms with Crippen LogP contribution in [-0.2, 0) is 6.42 Å². The lowest BCUT2D eigenvalue weighted by atomic mass is 10.0. The predicted molar refractivity (Wildman–Crippen MR) is 90.4 cm³/mol. The van der Waals surface area contributed by atoms with Crippen LogP contribution in [0.5, 0.6) is 0 Å². The van der Waals surface area contributed by atoms with Gasteiger partial charge in [0.15, 0.2) is 0 Å². The Balaban J connectivity index is 1.78. The molecular weight excluding hydrogens is 256 g/mol. The van der Waals surface area contributed by atoms with Crippen LogP contribution in [0.15, 0.2) is 48.8 Å². The molecule has 0 saturated heterocycles. The van der Waals surface area contributed by atoms with Gasteiger partial charge in [0.05, 0.1) is 0 Å². The van der Waals surface area contributed by atoms with Crippen LogP contribution in [0.3, 0.4) is 0 Å². The topological polar surface area (TPSA) is 24.9 Å². The van der Waals surface area contributed by atoms with Crippen LogP contribution in [0.1, 0.15) is 39.2 Å². The van der Waals surface area contributed by atoms with E-state index in [1.165, 1.54) is 29.5 Å². The van der Waals surface area contributed by atoms with E-state index >= 15 is 0 Å². The van der Waals surface area contributed by atoms with Crippen molar-refractivity contribution in [3.8, 4) is 11.1 Å². The van der Waals surface area contributed by atoms with Crippen molar-refractivity contribution in [2.75, 3.05) is 6.54 Å². The first-order chi connectivity index (χ1) is 10.0. The van der Waals surface area contributed by atoms with Crippen molar-refractivity contribution in [2.45, 2.75) is 45.6 Å². The summed E-state index contributed by atoms with van der Waals surface area (Å²) in [6, 6.07) is 12.9. The highest BCUT2D eigenvalue weighted by molar-refractivity contribution is 5.62. The molecule has 2 heteroatoms. The smallest absolute Gasteiger partial charge is 0.0346 e. The van der Waals surface area contributed by atoms with Gasteiger partial charge in [0, 0.05) is 17.9 Å². The number of unbranched alkanes of at least 4 members (excludes halogenated alkanes) is 1. The van der Waals surface area contributed by atoms with Crippen molar-refractivity contribution in [3.05, 3.63) is 54.4 Å². The molecule has 0 aliphatic carbocycles. The third-order valence-corrected chi connectivity index (χ3v) is 3.50. The van der Waals surface area contributed by atoms with Gasteiger partial charge in [-0.25, -0.2) is 0 Å². The molecule has 1 heterocycles. The lowest BCUT2D eigenvalue weighted by Gasteiger charge is -2.20. The Kier molecular flexibility index (Phi) is 5.51. The summed E-state index contributed by atoms with van der Waals surface area (Å²) >= 11 is 0. The summed E-state index contributed by atoms with van der Waals surface area (Å²) in [5.41, 5.74) is 4.06. The average Bonchev–Trinajstić information content (AvgIpc) is 2.47. The van der Waals surface area contributed by atoms with E-state index in [1.54, 1.807) is 0 Å². The monoisotopic (exact) mass is 282 g/mol. The Morgan fingerprint density at radius 3 is 2.33 bits per heavy atom. The normalized spacial score (nSPS) is 11.6. The van der Waals surface area contributed by atoms with Crippen LogP contribution in [0, 0.1) is 0 Å². The molecule has 21 heavy (non-hydrogen) atoms. The van der Waals surface area contributed by atoms with Crippen molar-refractivity contribution in [1.82, 2.24) is 10.3 Å². The summed E-state index contributed by atoms with van der Waals surface area (Å²) in [5, 5.41) is 3.53. The molecule has 2 aromatic rings. The molecule has 2 nitrogen and oxygen atoms in total. The highest BCUT2D eigenvalue weighted by Crippen LogP contribution is 2.19. The van der Waals surface area contributed by atoms with Crippen LogP contribution < -0.4 is 5.32 Å². The minimum Gasteiger partial charge on any atom is -0.312 e. The van der Waals surface area contributed by atoms with Crippen molar-refractivity contribution >= 4 is 0 Å². The van der Waals surface area contributed by atoms with Gasteiger partial charge in [-0.1, -0.05) is 30.3 Å². The third-order valence-electron chi connectivity index (χ3n) is 3.50. The zero-order chi connectivity index (χ0) is 15.1. The molecule has 0 atom stereocenters. The molecule has 0 saturated carbocycles. The number of aryl methyl sites for hydroxylation is 1. The van der Waals surface area contributed by atoms with Crippen molar-refractivity contribution in [2.24, 2.45) is 0 Å². The second-order valence-electron chi connectivity index (χ2n) is 6.57. The minimum absolute atomic E-state index is 0.228. The summed E-state index contributed by atoms with van der Waals surface area (Å²) in [7, 11) is 0. The molecular formula is C19H26N2. The number of rotatable bonds is 6. The van der Waals surface area contributed by atoms with Crippen LogP contribution in [0.4, 0.5) is 0 Å². The van der Waals surface area contributed by atoms with E-state index in [4.69, 9.17) is 0 Å². The van der Waals surface area contributed by atoms with Crippen LogP contribution in [-0.4, -0.2) is 17.1 Å².